The molecule has 1 aromatic rings. The average molecular weight is 326 g/mol. The molecule has 2 N–H and O–H groups in total. The van der Waals surface area contributed by atoms with Crippen LogP contribution in [0.4, 0.5) is 0 Å². The van der Waals surface area contributed by atoms with Crippen molar-refractivity contribution in [3.63, 3.8) is 0 Å². The van der Waals surface area contributed by atoms with E-state index in [-0.39, 0.29) is 29.3 Å². The Kier molecular flexibility index (Phi) is 6.14. The Bertz CT molecular complexity index is 637. The van der Waals surface area contributed by atoms with Gasteiger partial charge in [-0.25, -0.2) is 13.1 Å². The highest BCUT2D eigenvalue weighted by Crippen LogP contribution is 2.14. The van der Waals surface area contributed by atoms with Gasteiger partial charge < -0.3 is 5.32 Å². The summed E-state index contributed by atoms with van der Waals surface area (Å²) in [6.45, 7) is 9.74. The zero-order valence-electron chi connectivity index (χ0n) is 14.0. The summed E-state index contributed by atoms with van der Waals surface area (Å²) in [6, 6.07) is 4.99. The lowest BCUT2D eigenvalue weighted by Gasteiger charge is -2.24. The minimum atomic E-state index is -3.57. The van der Waals surface area contributed by atoms with E-state index in [0.717, 1.165) is 17.5 Å². The molecule has 0 spiro atoms. The lowest BCUT2D eigenvalue weighted by molar-refractivity contribution is -0.122. The molecular weight excluding hydrogens is 300 g/mol. The number of aryl methyl sites for hydroxylation is 2. The maximum Gasteiger partial charge on any atom is 0.240 e. The summed E-state index contributed by atoms with van der Waals surface area (Å²) < 4.78 is 26.8. The van der Waals surface area contributed by atoms with Crippen LogP contribution in [0.25, 0.3) is 0 Å². The zero-order chi connectivity index (χ0) is 17.0. The van der Waals surface area contributed by atoms with Crippen LogP contribution in [0.3, 0.4) is 0 Å². The predicted molar refractivity (Wildman–Crippen MR) is 88.2 cm³/mol. The van der Waals surface area contributed by atoms with E-state index in [0.29, 0.717) is 0 Å². The summed E-state index contributed by atoms with van der Waals surface area (Å²) in [5.74, 6) is -0.158. The highest BCUT2D eigenvalue weighted by atomic mass is 32.2. The van der Waals surface area contributed by atoms with Crippen LogP contribution >= 0.6 is 0 Å². The second kappa shape index (κ2) is 7.24. The van der Waals surface area contributed by atoms with Crippen molar-refractivity contribution in [1.82, 2.24) is 10.0 Å². The van der Waals surface area contributed by atoms with Gasteiger partial charge >= 0.3 is 0 Å². The lowest BCUT2D eigenvalue weighted by atomic mass is 10.0. The van der Waals surface area contributed by atoms with Gasteiger partial charge in [0.1, 0.15) is 0 Å². The third kappa shape index (κ3) is 5.42. The van der Waals surface area contributed by atoms with Gasteiger partial charge in [-0.2, -0.15) is 0 Å². The number of carbonyl (C=O) groups excluding carboxylic acids is 1. The van der Waals surface area contributed by atoms with Crippen molar-refractivity contribution in [2.45, 2.75) is 57.9 Å². The molecule has 5 nitrogen and oxygen atoms in total. The number of hydrogen-bond donors (Lipinski definition) is 2. The predicted octanol–water partition coefficient (Wildman–Crippen LogP) is 2.28. The molecular formula is C16H26N2O3S. The maximum absolute atomic E-state index is 12.2. The van der Waals surface area contributed by atoms with Gasteiger partial charge in [-0.15, -0.1) is 0 Å². The van der Waals surface area contributed by atoms with Crippen molar-refractivity contribution >= 4 is 15.9 Å². The van der Waals surface area contributed by atoms with Crippen LogP contribution in [0.1, 0.15) is 44.7 Å². The van der Waals surface area contributed by atoms with E-state index in [1.807, 2.05) is 34.6 Å². The number of nitrogens with one attached hydrogen (secondary N) is 2. The monoisotopic (exact) mass is 326 g/mol. The second-order valence-corrected chi connectivity index (χ2v) is 7.95. The van der Waals surface area contributed by atoms with Gasteiger partial charge in [-0.3, -0.25) is 4.79 Å². The molecule has 0 saturated carbocycles. The van der Waals surface area contributed by atoms with Gasteiger partial charge in [0, 0.05) is 18.5 Å². The zero-order valence-corrected chi connectivity index (χ0v) is 14.8. The van der Waals surface area contributed by atoms with Gasteiger partial charge in [0.2, 0.25) is 15.9 Å². The highest BCUT2D eigenvalue weighted by Gasteiger charge is 2.19. The Hall–Kier alpha value is -1.40. The van der Waals surface area contributed by atoms with Gasteiger partial charge in [0.05, 0.1) is 4.90 Å². The fourth-order valence-electron chi connectivity index (χ4n) is 1.79. The van der Waals surface area contributed by atoms with E-state index in [4.69, 9.17) is 0 Å². The molecule has 0 aromatic heterocycles. The minimum Gasteiger partial charge on any atom is -0.351 e. The molecule has 0 heterocycles. The van der Waals surface area contributed by atoms with E-state index in [1.165, 1.54) is 0 Å². The molecule has 0 fully saturated rings. The minimum absolute atomic E-state index is 0.0842. The third-order valence-corrected chi connectivity index (χ3v) is 5.25. The Morgan fingerprint density at radius 3 is 2.36 bits per heavy atom. The molecule has 0 aliphatic rings. The quantitative estimate of drug-likeness (QED) is 0.807. The third-order valence-electron chi connectivity index (χ3n) is 3.79. The van der Waals surface area contributed by atoms with E-state index in [1.54, 1.807) is 18.2 Å². The van der Waals surface area contributed by atoms with Gasteiger partial charge in [-0.05, 0) is 57.4 Å². The van der Waals surface area contributed by atoms with Crippen molar-refractivity contribution in [1.29, 1.82) is 0 Å². The largest absolute Gasteiger partial charge is 0.351 e. The van der Waals surface area contributed by atoms with Crippen molar-refractivity contribution in [2.24, 2.45) is 0 Å². The summed E-state index contributed by atoms with van der Waals surface area (Å²) >= 11 is 0. The summed E-state index contributed by atoms with van der Waals surface area (Å²) in [5.41, 5.74) is 1.69. The van der Waals surface area contributed by atoms with E-state index < -0.39 is 10.0 Å². The maximum atomic E-state index is 12.2. The first kappa shape index (κ1) is 18.6. The molecule has 0 radical (unpaired) electrons. The topological polar surface area (TPSA) is 75.3 Å². The van der Waals surface area contributed by atoms with Gasteiger partial charge in [0.15, 0.2) is 0 Å². The summed E-state index contributed by atoms with van der Waals surface area (Å²) in [5, 5.41) is 2.87. The lowest BCUT2D eigenvalue weighted by Crippen LogP contribution is -2.43. The fraction of sp³-hybridized carbons (Fsp3) is 0.562. The molecule has 0 bridgehead atoms. The molecule has 0 atom stereocenters. The average Bonchev–Trinajstić information content (AvgIpc) is 2.41. The van der Waals surface area contributed by atoms with E-state index in [2.05, 4.69) is 10.0 Å². The van der Waals surface area contributed by atoms with Crippen LogP contribution in [0.5, 0.6) is 0 Å². The molecule has 1 aromatic carbocycles. The Morgan fingerprint density at radius 2 is 1.82 bits per heavy atom. The molecule has 22 heavy (non-hydrogen) atoms. The van der Waals surface area contributed by atoms with Crippen LogP contribution in [0.2, 0.25) is 0 Å². The molecule has 0 aliphatic carbocycles. The first-order chi connectivity index (χ1) is 10.1. The van der Waals surface area contributed by atoms with Crippen molar-refractivity contribution < 1.29 is 13.2 Å². The molecule has 0 aliphatic heterocycles. The first-order valence-electron chi connectivity index (χ1n) is 7.45. The fourth-order valence-corrected chi connectivity index (χ4v) is 2.91. The Labute approximate surface area is 133 Å². The number of benzene rings is 1. The van der Waals surface area contributed by atoms with Gasteiger partial charge in [-0.1, -0.05) is 13.0 Å². The number of amides is 1. The Morgan fingerprint density at radius 1 is 1.18 bits per heavy atom. The summed E-state index contributed by atoms with van der Waals surface area (Å²) in [6.07, 6.45) is 0.931. The smallest absolute Gasteiger partial charge is 0.240 e. The number of rotatable bonds is 7. The standard InChI is InChI=1S/C16H26N2O3S/c1-6-16(4,5)18-15(19)9-10-17-22(20,21)14-8-7-12(2)13(3)11-14/h7-8,11,17H,6,9-10H2,1-5H3,(H,18,19). The molecule has 1 amide bonds. The van der Waals surface area contributed by atoms with Crippen LogP contribution < -0.4 is 10.0 Å². The Balaban J connectivity index is 2.60. The van der Waals surface area contributed by atoms with Crippen molar-refractivity contribution in [2.75, 3.05) is 6.54 Å². The van der Waals surface area contributed by atoms with Crippen LogP contribution in [0, 0.1) is 13.8 Å². The second-order valence-electron chi connectivity index (χ2n) is 6.18. The SMILES string of the molecule is CCC(C)(C)NC(=O)CCNS(=O)(=O)c1ccc(C)c(C)c1. The molecule has 124 valence electrons. The molecule has 6 heteroatoms. The van der Waals surface area contributed by atoms with Crippen LogP contribution in [-0.2, 0) is 14.8 Å². The van der Waals surface area contributed by atoms with Crippen LogP contribution in [0.15, 0.2) is 23.1 Å². The van der Waals surface area contributed by atoms with Crippen molar-refractivity contribution in [3.05, 3.63) is 29.3 Å². The number of hydrogen-bond acceptors (Lipinski definition) is 3. The van der Waals surface area contributed by atoms with E-state index >= 15 is 0 Å². The van der Waals surface area contributed by atoms with E-state index in [9.17, 15) is 13.2 Å². The van der Waals surface area contributed by atoms with Gasteiger partial charge in [0.25, 0.3) is 0 Å². The normalized spacial score (nSPS) is 12.2. The molecule has 0 saturated heterocycles. The summed E-state index contributed by atoms with van der Waals surface area (Å²) in [4.78, 5) is 12.0. The number of sulfonamides is 1. The van der Waals surface area contributed by atoms with Crippen LogP contribution in [-0.4, -0.2) is 26.4 Å². The first-order valence-corrected chi connectivity index (χ1v) is 8.93. The molecule has 0 unspecified atom stereocenters. The summed E-state index contributed by atoms with van der Waals surface area (Å²) in [7, 11) is -3.57. The highest BCUT2D eigenvalue weighted by molar-refractivity contribution is 7.89. The number of carbonyl (C=O) groups is 1. The van der Waals surface area contributed by atoms with Crippen molar-refractivity contribution in [3.8, 4) is 0 Å². The molecule has 1 rings (SSSR count).